The van der Waals surface area contributed by atoms with Gasteiger partial charge in [-0.15, -0.1) is 0 Å². The van der Waals surface area contributed by atoms with Gasteiger partial charge in [0.05, 0.1) is 5.71 Å². The van der Waals surface area contributed by atoms with Crippen molar-refractivity contribution in [2.24, 2.45) is 16.8 Å². The molecule has 0 rings (SSSR count). The molecular weight excluding hydrogens is 160 g/mol. The SMILES string of the molecule is CC(C)CCCN=C(C=N)C(C)C. The second-order valence-electron chi connectivity index (χ2n) is 4.14. The molecule has 0 radical (unpaired) electrons. The second-order valence-corrected chi connectivity index (χ2v) is 4.14. The summed E-state index contributed by atoms with van der Waals surface area (Å²) in [6, 6.07) is 0. The molecular formula is C11H22N2. The van der Waals surface area contributed by atoms with Gasteiger partial charge in [-0.05, 0) is 24.7 Å². The molecule has 0 aromatic rings. The Morgan fingerprint density at radius 2 is 1.92 bits per heavy atom. The lowest BCUT2D eigenvalue weighted by Crippen LogP contribution is -2.09. The summed E-state index contributed by atoms with van der Waals surface area (Å²) < 4.78 is 0. The van der Waals surface area contributed by atoms with Crippen LogP contribution in [0, 0.1) is 17.2 Å². The molecule has 2 heteroatoms. The van der Waals surface area contributed by atoms with E-state index in [4.69, 9.17) is 5.41 Å². The van der Waals surface area contributed by atoms with Crippen molar-refractivity contribution < 1.29 is 0 Å². The molecule has 0 amide bonds. The molecule has 0 spiro atoms. The van der Waals surface area contributed by atoms with Crippen LogP contribution in [0.25, 0.3) is 0 Å². The molecule has 0 fully saturated rings. The standard InChI is InChI=1S/C11H22N2/c1-9(2)6-5-7-13-11(8-12)10(3)4/h8-10,12H,5-7H2,1-4H3. The number of hydrogen-bond donors (Lipinski definition) is 1. The molecule has 13 heavy (non-hydrogen) atoms. The van der Waals surface area contributed by atoms with Gasteiger partial charge in [0.2, 0.25) is 0 Å². The molecule has 0 unspecified atom stereocenters. The number of aliphatic imine (C=N–C) groups is 1. The fourth-order valence-corrected chi connectivity index (χ4v) is 1.10. The van der Waals surface area contributed by atoms with E-state index < -0.39 is 0 Å². The van der Waals surface area contributed by atoms with Crippen LogP contribution < -0.4 is 0 Å². The first kappa shape index (κ1) is 12.3. The number of nitrogens with one attached hydrogen (secondary N) is 1. The highest BCUT2D eigenvalue weighted by molar-refractivity contribution is 6.30. The van der Waals surface area contributed by atoms with Gasteiger partial charge >= 0.3 is 0 Å². The Morgan fingerprint density at radius 3 is 2.31 bits per heavy atom. The van der Waals surface area contributed by atoms with Crippen molar-refractivity contribution in [3.8, 4) is 0 Å². The van der Waals surface area contributed by atoms with Crippen LogP contribution >= 0.6 is 0 Å². The van der Waals surface area contributed by atoms with Crippen molar-refractivity contribution in [2.75, 3.05) is 6.54 Å². The first-order valence-electron chi connectivity index (χ1n) is 5.12. The first-order chi connectivity index (χ1) is 6.07. The van der Waals surface area contributed by atoms with Gasteiger partial charge in [0.15, 0.2) is 0 Å². The Morgan fingerprint density at radius 1 is 1.31 bits per heavy atom. The lowest BCUT2D eigenvalue weighted by Gasteiger charge is -2.05. The molecule has 0 heterocycles. The van der Waals surface area contributed by atoms with Crippen molar-refractivity contribution in [3.05, 3.63) is 0 Å². The summed E-state index contributed by atoms with van der Waals surface area (Å²) in [5.74, 6) is 1.15. The summed E-state index contributed by atoms with van der Waals surface area (Å²) in [6.07, 6.45) is 3.74. The molecule has 0 bridgehead atoms. The highest BCUT2D eigenvalue weighted by Gasteiger charge is 2.00. The summed E-state index contributed by atoms with van der Waals surface area (Å²) in [6.45, 7) is 9.48. The minimum absolute atomic E-state index is 0.386. The summed E-state index contributed by atoms with van der Waals surface area (Å²) >= 11 is 0. The maximum absolute atomic E-state index is 7.15. The quantitative estimate of drug-likeness (QED) is 0.484. The Bertz CT molecular complexity index is 169. The van der Waals surface area contributed by atoms with Crippen molar-refractivity contribution in [2.45, 2.75) is 40.5 Å². The van der Waals surface area contributed by atoms with E-state index in [1.165, 1.54) is 12.6 Å². The molecule has 0 atom stereocenters. The molecule has 0 saturated carbocycles. The van der Waals surface area contributed by atoms with Gasteiger partial charge < -0.3 is 5.41 Å². The van der Waals surface area contributed by atoms with Gasteiger partial charge in [-0.2, -0.15) is 0 Å². The van der Waals surface area contributed by atoms with Crippen molar-refractivity contribution in [1.29, 1.82) is 5.41 Å². The number of hydrogen-bond acceptors (Lipinski definition) is 2. The Hall–Kier alpha value is -0.660. The van der Waals surface area contributed by atoms with Crippen LogP contribution in [-0.2, 0) is 0 Å². The predicted octanol–water partition coefficient (Wildman–Crippen LogP) is 3.17. The van der Waals surface area contributed by atoms with Crippen LogP contribution in [-0.4, -0.2) is 18.5 Å². The van der Waals surface area contributed by atoms with Crippen LogP contribution in [0.2, 0.25) is 0 Å². The number of nitrogens with zero attached hydrogens (tertiary/aromatic N) is 1. The highest BCUT2D eigenvalue weighted by atomic mass is 14.7. The van der Waals surface area contributed by atoms with Gasteiger partial charge in [-0.25, -0.2) is 0 Å². The van der Waals surface area contributed by atoms with E-state index in [0.29, 0.717) is 5.92 Å². The van der Waals surface area contributed by atoms with Crippen molar-refractivity contribution in [3.63, 3.8) is 0 Å². The third-order valence-electron chi connectivity index (χ3n) is 1.97. The topological polar surface area (TPSA) is 36.2 Å². The van der Waals surface area contributed by atoms with Crippen LogP contribution in [0.4, 0.5) is 0 Å². The molecule has 76 valence electrons. The zero-order valence-electron chi connectivity index (χ0n) is 9.30. The van der Waals surface area contributed by atoms with Crippen molar-refractivity contribution >= 4 is 11.9 Å². The summed E-state index contributed by atoms with van der Waals surface area (Å²) in [4.78, 5) is 4.39. The Labute approximate surface area is 82.0 Å². The van der Waals surface area contributed by atoms with Gasteiger partial charge in [0.25, 0.3) is 0 Å². The highest BCUT2D eigenvalue weighted by Crippen LogP contribution is 2.04. The number of rotatable bonds is 6. The van der Waals surface area contributed by atoms with Crippen LogP contribution in [0.5, 0.6) is 0 Å². The molecule has 0 aliphatic heterocycles. The maximum atomic E-state index is 7.15. The second kappa shape index (κ2) is 6.81. The zero-order chi connectivity index (χ0) is 10.3. The average Bonchev–Trinajstić information content (AvgIpc) is 2.03. The van der Waals surface area contributed by atoms with E-state index >= 15 is 0 Å². The van der Waals surface area contributed by atoms with Gasteiger partial charge in [-0.1, -0.05) is 27.7 Å². The van der Waals surface area contributed by atoms with E-state index in [0.717, 1.165) is 24.6 Å². The normalized spacial score (nSPS) is 12.6. The van der Waals surface area contributed by atoms with Gasteiger partial charge in [0.1, 0.15) is 0 Å². The van der Waals surface area contributed by atoms with Gasteiger partial charge in [-0.3, -0.25) is 4.99 Å². The summed E-state index contributed by atoms with van der Waals surface area (Å²) in [7, 11) is 0. The summed E-state index contributed by atoms with van der Waals surface area (Å²) in [5, 5.41) is 7.15. The fourth-order valence-electron chi connectivity index (χ4n) is 1.10. The molecule has 2 nitrogen and oxygen atoms in total. The zero-order valence-corrected chi connectivity index (χ0v) is 9.30. The monoisotopic (exact) mass is 182 g/mol. The van der Waals surface area contributed by atoms with Crippen LogP contribution in [0.1, 0.15) is 40.5 Å². The largest absolute Gasteiger partial charge is 0.307 e. The maximum Gasteiger partial charge on any atom is 0.0548 e. The lowest BCUT2D eigenvalue weighted by atomic mass is 10.1. The molecule has 1 N–H and O–H groups in total. The van der Waals surface area contributed by atoms with E-state index in [-0.39, 0.29) is 0 Å². The van der Waals surface area contributed by atoms with E-state index in [1.807, 2.05) is 0 Å². The molecule has 0 aliphatic rings. The third kappa shape index (κ3) is 6.50. The van der Waals surface area contributed by atoms with Crippen LogP contribution in [0.3, 0.4) is 0 Å². The van der Waals surface area contributed by atoms with Crippen molar-refractivity contribution in [1.82, 2.24) is 0 Å². The average molecular weight is 182 g/mol. The fraction of sp³-hybridized carbons (Fsp3) is 0.818. The lowest BCUT2D eigenvalue weighted by molar-refractivity contribution is 0.561. The van der Waals surface area contributed by atoms with E-state index in [1.54, 1.807) is 0 Å². The Balaban J connectivity index is 3.74. The first-order valence-corrected chi connectivity index (χ1v) is 5.12. The van der Waals surface area contributed by atoms with Gasteiger partial charge in [0, 0.05) is 12.8 Å². The molecule has 0 aromatic heterocycles. The summed E-state index contributed by atoms with van der Waals surface area (Å²) in [5.41, 5.74) is 0.920. The molecule has 0 aromatic carbocycles. The minimum Gasteiger partial charge on any atom is -0.307 e. The predicted molar refractivity (Wildman–Crippen MR) is 60.0 cm³/mol. The Kier molecular flexibility index (Phi) is 6.47. The van der Waals surface area contributed by atoms with E-state index in [9.17, 15) is 0 Å². The third-order valence-corrected chi connectivity index (χ3v) is 1.97. The smallest absolute Gasteiger partial charge is 0.0548 e. The van der Waals surface area contributed by atoms with E-state index in [2.05, 4.69) is 32.7 Å². The van der Waals surface area contributed by atoms with Crippen LogP contribution in [0.15, 0.2) is 4.99 Å². The molecule has 0 saturated heterocycles. The minimum atomic E-state index is 0.386. The molecule has 0 aliphatic carbocycles.